The van der Waals surface area contributed by atoms with Crippen LogP contribution in [0.2, 0.25) is 5.02 Å². The summed E-state index contributed by atoms with van der Waals surface area (Å²) in [7, 11) is 0. The van der Waals surface area contributed by atoms with Crippen LogP contribution in [0.3, 0.4) is 0 Å². The van der Waals surface area contributed by atoms with E-state index in [0.717, 1.165) is 30.0 Å². The second kappa shape index (κ2) is 6.12. The zero-order valence-electron chi connectivity index (χ0n) is 9.96. The Bertz CT molecular complexity index is 306. The highest BCUT2D eigenvalue weighted by Gasteiger charge is 2.25. The number of benzene rings is 1. The number of halogens is 1. The molecule has 2 nitrogen and oxygen atoms in total. The van der Waals surface area contributed by atoms with Gasteiger partial charge in [-0.25, -0.2) is 0 Å². The number of aliphatic hydroxyl groups is 1. The first kappa shape index (κ1) is 13.3. The quantitative estimate of drug-likeness (QED) is 0.796. The summed E-state index contributed by atoms with van der Waals surface area (Å²) in [5.74, 6) is 0. The topological polar surface area (TPSA) is 32.3 Å². The largest absolute Gasteiger partial charge is 0.394 e. The van der Waals surface area contributed by atoms with Gasteiger partial charge >= 0.3 is 0 Å². The lowest BCUT2D eigenvalue weighted by molar-refractivity contribution is 0.197. The van der Waals surface area contributed by atoms with Crippen LogP contribution in [0.15, 0.2) is 24.3 Å². The molecular formula is C13H20ClNO. The summed E-state index contributed by atoms with van der Waals surface area (Å²) >= 11 is 5.83. The monoisotopic (exact) mass is 241 g/mol. The number of aliphatic hydroxyl groups excluding tert-OH is 1. The smallest absolute Gasteiger partial charge is 0.0661 e. The van der Waals surface area contributed by atoms with Crippen LogP contribution in [0.1, 0.15) is 33.1 Å². The molecule has 1 rings (SSSR count). The molecule has 0 bridgehead atoms. The molecule has 1 atom stereocenters. The Morgan fingerprint density at radius 3 is 2.31 bits per heavy atom. The Balaban J connectivity index is 2.78. The summed E-state index contributed by atoms with van der Waals surface area (Å²) in [6.07, 6.45) is 2.91. The molecule has 0 fully saturated rings. The second-order valence-electron chi connectivity index (χ2n) is 4.17. The van der Waals surface area contributed by atoms with E-state index < -0.39 is 0 Å². The van der Waals surface area contributed by atoms with Gasteiger partial charge in [-0.05, 0) is 37.1 Å². The fraction of sp³-hybridized carbons (Fsp3) is 0.538. The average Bonchev–Trinajstić information content (AvgIpc) is 2.31. The van der Waals surface area contributed by atoms with E-state index in [-0.39, 0.29) is 12.1 Å². The SMILES string of the molecule is CCCC(CC)(CO)Nc1ccc(Cl)cc1. The van der Waals surface area contributed by atoms with Gasteiger partial charge in [0.2, 0.25) is 0 Å². The lowest BCUT2D eigenvalue weighted by Crippen LogP contribution is -2.41. The summed E-state index contributed by atoms with van der Waals surface area (Å²) < 4.78 is 0. The summed E-state index contributed by atoms with van der Waals surface area (Å²) in [6, 6.07) is 7.59. The van der Waals surface area contributed by atoms with Crippen molar-refractivity contribution in [2.45, 2.75) is 38.6 Å². The maximum atomic E-state index is 9.53. The standard InChI is InChI=1S/C13H20ClNO/c1-3-9-13(4-2,10-16)15-12-7-5-11(14)6-8-12/h5-8,15-16H,3-4,9-10H2,1-2H3. The molecule has 0 aliphatic heterocycles. The minimum Gasteiger partial charge on any atom is -0.394 e. The fourth-order valence-electron chi connectivity index (χ4n) is 1.88. The van der Waals surface area contributed by atoms with Crippen LogP contribution in [0.5, 0.6) is 0 Å². The highest BCUT2D eigenvalue weighted by molar-refractivity contribution is 6.30. The van der Waals surface area contributed by atoms with Crippen LogP contribution in [-0.4, -0.2) is 17.3 Å². The molecule has 0 radical (unpaired) electrons. The third-order valence-electron chi connectivity index (χ3n) is 2.96. The van der Waals surface area contributed by atoms with E-state index in [1.807, 2.05) is 24.3 Å². The molecule has 0 aliphatic carbocycles. The number of hydrogen-bond donors (Lipinski definition) is 2. The van der Waals surface area contributed by atoms with Crippen LogP contribution >= 0.6 is 11.6 Å². The zero-order valence-corrected chi connectivity index (χ0v) is 10.7. The average molecular weight is 242 g/mol. The second-order valence-corrected chi connectivity index (χ2v) is 4.61. The van der Waals surface area contributed by atoms with Crippen molar-refractivity contribution in [1.82, 2.24) is 0 Å². The normalized spacial score (nSPS) is 14.5. The number of nitrogens with one attached hydrogen (secondary N) is 1. The van der Waals surface area contributed by atoms with Gasteiger partial charge in [-0.2, -0.15) is 0 Å². The Morgan fingerprint density at radius 2 is 1.88 bits per heavy atom. The molecule has 16 heavy (non-hydrogen) atoms. The van der Waals surface area contributed by atoms with Crippen LogP contribution in [0.25, 0.3) is 0 Å². The lowest BCUT2D eigenvalue weighted by atomic mass is 9.91. The van der Waals surface area contributed by atoms with E-state index in [2.05, 4.69) is 19.2 Å². The van der Waals surface area contributed by atoms with E-state index in [4.69, 9.17) is 11.6 Å². The van der Waals surface area contributed by atoms with Crippen molar-refractivity contribution in [2.24, 2.45) is 0 Å². The molecule has 0 saturated heterocycles. The van der Waals surface area contributed by atoms with Crippen molar-refractivity contribution in [2.75, 3.05) is 11.9 Å². The van der Waals surface area contributed by atoms with Crippen molar-refractivity contribution in [3.8, 4) is 0 Å². The van der Waals surface area contributed by atoms with Crippen LogP contribution in [0, 0.1) is 0 Å². The highest BCUT2D eigenvalue weighted by atomic mass is 35.5. The molecule has 1 unspecified atom stereocenters. The Kier molecular flexibility index (Phi) is 5.10. The predicted molar refractivity (Wildman–Crippen MR) is 70.1 cm³/mol. The number of anilines is 1. The summed E-state index contributed by atoms with van der Waals surface area (Å²) in [6.45, 7) is 4.37. The van der Waals surface area contributed by atoms with Crippen LogP contribution in [0.4, 0.5) is 5.69 Å². The maximum absolute atomic E-state index is 9.53. The third-order valence-corrected chi connectivity index (χ3v) is 3.21. The van der Waals surface area contributed by atoms with E-state index in [0.29, 0.717) is 0 Å². The molecule has 0 aliphatic rings. The minimum absolute atomic E-state index is 0.153. The van der Waals surface area contributed by atoms with Gasteiger partial charge in [-0.3, -0.25) is 0 Å². The molecule has 0 saturated carbocycles. The van der Waals surface area contributed by atoms with Gasteiger partial charge in [0.1, 0.15) is 0 Å². The van der Waals surface area contributed by atoms with Gasteiger partial charge in [0.15, 0.2) is 0 Å². The van der Waals surface area contributed by atoms with E-state index in [1.54, 1.807) is 0 Å². The summed E-state index contributed by atoms with van der Waals surface area (Å²) in [5.41, 5.74) is 0.802. The van der Waals surface area contributed by atoms with E-state index in [1.165, 1.54) is 0 Å². The first-order valence-electron chi connectivity index (χ1n) is 5.80. The number of rotatable bonds is 6. The predicted octanol–water partition coefficient (Wildman–Crippen LogP) is 3.69. The zero-order chi connectivity index (χ0) is 12.0. The molecule has 2 N–H and O–H groups in total. The summed E-state index contributed by atoms with van der Waals surface area (Å²) in [5, 5.41) is 13.7. The molecule has 1 aromatic rings. The molecule has 1 aromatic carbocycles. The van der Waals surface area contributed by atoms with Crippen LogP contribution in [-0.2, 0) is 0 Å². The fourth-order valence-corrected chi connectivity index (χ4v) is 2.00. The van der Waals surface area contributed by atoms with Crippen molar-refractivity contribution in [3.63, 3.8) is 0 Å². The van der Waals surface area contributed by atoms with Crippen molar-refractivity contribution >= 4 is 17.3 Å². The van der Waals surface area contributed by atoms with Gasteiger partial charge < -0.3 is 10.4 Å². The molecule has 0 spiro atoms. The Morgan fingerprint density at radius 1 is 1.25 bits per heavy atom. The van der Waals surface area contributed by atoms with Crippen molar-refractivity contribution < 1.29 is 5.11 Å². The highest BCUT2D eigenvalue weighted by Crippen LogP contribution is 2.24. The lowest BCUT2D eigenvalue weighted by Gasteiger charge is -2.33. The number of hydrogen-bond acceptors (Lipinski definition) is 2. The summed E-state index contributed by atoms with van der Waals surface area (Å²) in [4.78, 5) is 0. The molecular weight excluding hydrogens is 222 g/mol. The van der Waals surface area contributed by atoms with Gasteiger partial charge in [-0.15, -0.1) is 0 Å². The van der Waals surface area contributed by atoms with Crippen molar-refractivity contribution in [3.05, 3.63) is 29.3 Å². The molecule has 3 heteroatoms. The van der Waals surface area contributed by atoms with Gasteiger partial charge in [0, 0.05) is 10.7 Å². The first-order chi connectivity index (χ1) is 7.65. The van der Waals surface area contributed by atoms with Gasteiger partial charge in [0.05, 0.1) is 12.1 Å². The molecule has 90 valence electrons. The van der Waals surface area contributed by atoms with Crippen LogP contribution < -0.4 is 5.32 Å². The third kappa shape index (κ3) is 3.39. The van der Waals surface area contributed by atoms with Crippen molar-refractivity contribution in [1.29, 1.82) is 0 Å². The maximum Gasteiger partial charge on any atom is 0.0661 e. The molecule has 0 amide bonds. The Hall–Kier alpha value is -0.730. The molecule has 0 heterocycles. The molecule has 0 aromatic heterocycles. The van der Waals surface area contributed by atoms with Gasteiger partial charge in [-0.1, -0.05) is 31.9 Å². The first-order valence-corrected chi connectivity index (χ1v) is 6.18. The minimum atomic E-state index is -0.206. The Labute approximate surface area is 103 Å². The van der Waals surface area contributed by atoms with E-state index in [9.17, 15) is 5.11 Å². The van der Waals surface area contributed by atoms with Gasteiger partial charge in [0.25, 0.3) is 0 Å². The van der Waals surface area contributed by atoms with E-state index >= 15 is 0 Å².